The van der Waals surface area contributed by atoms with E-state index < -0.39 is 5.97 Å². The van der Waals surface area contributed by atoms with Gasteiger partial charge in [-0.25, -0.2) is 4.79 Å². The molecule has 2 aliphatic rings. The maximum Gasteiger partial charge on any atom is 0.317 e. The van der Waals surface area contributed by atoms with Crippen LogP contribution in [0.3, 0.4) is 0 Å². The largest absolute Gasteiger partial charge is 0.480 e. The number of nitrogens with zero attached hydrogens (tertiary/aromatic N) is 1. The van der Waals surface area contributed by atoms with Crippen LogP contribution >= 0.6 is 11.8 Å². The lowest BCUT2D eigenvalue weighted by Crippen LogP contribution is -2.56. The van der Waals surface area contributed by atoms with Crippen molar-refractivity contribution in [2.24, 2.45) is 5.92 Å². The van der Waals surface area contributed by atoms with Crippen molar-refractivity contribution < 1.29 is 14.7 Å². The number of urea groups is 1. The van der Waals surface area contributed by atoms with Crippen LogP contribution < -0.4 is 10.6 Å². The minimum Gasteiger partial charge on any atom is -0.480 e. The van der Waals surface area contributed by atoms with Gasteiger partial charge >= 0.3 is 12.0 Å². The molecule has 1 aliphatic heterocycles. The first-order valence-electron chi connectivity index (χ1n) is 8.16. The number of likely N-dealkylation sites (N-methyl/N-ethyl adjacent to an activating group) is 1. The van der Waals surface area contributed by atoms with E-state index in [1.807, 2.05) is 23.6 Å². The summed E-state index contributed by atoms with van der Waals surface area (Å²) >= 11 is 1.97. The Bertz CT molecular complexity index is 382. The van der Waals surface area contributed by atoms with Crippen LogP contribution in [-0.4, -0.2) is 65.2 Å². The fraction of sp³-hybridized carbons (Fsp3) is 0.867. The third-order valence-electron chi connectivity index (χ3n) is 4.52. The van der Waals surface area contributed by atoms with Crippen molar-refractivity contribution in [2.45, 2.75) is 44.7 Å². The van der Waals surface area contributed by atoms with Gasteiger partial charge in [0.1, 0.15) is 0 Å². The molecule has 1 heterocycles. The van der Waals surface area contributed by atoms with Gasteiger partial charge in [-0.15, -0.1) is 0 Å². The number of carbonyl (C=O) groups excluding carboxylic acids is 1. The molecule has 1 unspecified atom stereocenters. The number of carbonyl (C=O) groups is 2. The Morgan fingerprint density at radius 1 is 1.36 bits per heavy atom. The standard InChI is InChI=1S/C15H27N3O3S/c1-2-18(9-14(19)20)13-6-12(7-13)17-15(21)16-8-11-4-3-5-22-10-11/h11-13H,2-10H2,1H3,(H,19,20)(H2,16,17,21). The van der Waals surface area contributed by atoms with E-state index in [9.17, 15) is 9.59 Å². The van der Waals surface area contributed by atoms with E-state index in [4.69, 9.17) is 5.11 Å². The van der Waals surface area contributed by atoms with Crippen molar-refractivity contribution in [3.63, 3.8) is 0 Å². The van der Waals surface area contributed by atoms with Gasteiger partial charge < -0.3 is 15.7 Å². The zero-order valence-corrected chi connectivity index (χ0v) is 14.0. The lowest BCUT2D eigenvalue weighted by atomic mass is 9.85. The Labute approximate surface area is 136 Å². The molecular formula is C15H27N3O3S. The van der Waals surface area contributed by atoms with Crippen molar-refractivity contribution in [3.8, 4) is 0 Å². The number of nitrogens with one attached hydrogen (secondary N) is 2. The van der Waals surface area contributed by atoms with Crippen molar-refractivity contribution in [1.82, 2.24) is 15.5 Å². The van der Waals surface area contributed by atoms with E-state index in [1.165, 1.54) is 18.6 Å². The molecule has 0 aromatic rings. The van der Waals surface area contributed by atoms with E-state index in [1.54, 1.807) is 0 Å². The number of carboxylic acid groups (broad SMARTS) is 1. The topological polar surface area (TPSA) is 81.7 Å². The van der Waals surface area contributed by atoms with Gasteiger partial charge in [-0.1, -0.05) is 6.92 Å². The van der Waals surface area contributed by atoms with E-state index in [2.05, 4.69) is 10.6 Å². The Kier molecular flexibility index (Phi) is 6.82. The number of hydrogen-bond donors (Lipinski definition) is 3. The molecule has 2 amide bonds. The van der Waals surface area contributed by atoms with Gasteiger partial charge in [0.25, 0.3) is 0 Å². The molecule has 0 aromatic heterocycles. The SMILES string of the molecule is CCN(CC(=O)O)C1CC(NC(=O)NCC2CCCSC2)C1. The zero-order valence-electron chi connectivity index (χ0n) is 13.2. The average molecular weight is 329 g/mol. The fourth-order valence-corrected chi connectivity index (χ4v) is 4.27. The molecule has 1 saturated carbocycles. The molecule has 6 nitrogen and oxygen atoms in total. The molecule has 0 spiro atoms. The summed E-state index contributed by atoms with van der Waals surface area (Å²) in [6, 6.07) is 0.370. The predicted molar refractivity (Wildman–Crippen MR) is 88.3 cm³/mol. The lowest BCUT2D eigenvalue weighted by molar-refractivity contribution is -0.139. The molecule has 7 heteroatoms. The Hall–Kier alpha value is -0.950. The molecular weight excluding hydrogens is 302 g/mol. The highest BCUT2D eigenvalue weighted by atomic mass is 32.2. The fourth-order valence-electron chi connectivity index (χ4n) is 3.12. The molecule has 22 heavy (non-hydrogen) atoms. The zero-order chi connectivity index (χ0) is 15.9. The number of aliphatic carboxylic acids is 1. The minimum absolute atomic E-state index is 0.0828. The van der Waals surface area contributed by atoms with Crippen LogP contribution in [0.25, 0.3) is 0 Å². The summed E-state index contributed by atoms with van der Waals surface area (Å²) < 4.78 is 0. The summed E-state index contributed by atoms with van der Waals surface area (Å²) in [6.07, 6.45) is 4.14. The molecule has 0 aromatic carbocycles. The second-order valence-electron chi connectivity index (χ2n) is 6.22. The molecule has 1 aliphatic carbocycles. The predicted octanol–water partition coefficient (Wildman–Crippen LogP) is 1.37. The van der Waals surface area contributed by atoms with Crippen LogP contribution in [0.2, 0.25) is 0 Å². The van der Waals surface area contributed by atoms with Gasteiger partial charge in [0, 0.05) is 18.6 Å². The third kappa shape index (κ3) is 5.35. The highest BCUT2D eigenvalue weighted by Crippen LogP contribution is 2.25. The molecule has 0 bridgehead atoms. The highest BCUT2D eigenvalue weighted by molar-refractivity contribution is 7.99. The smallest absolute Gasteiger partial charge is 0.317 e. The van der Waals surface area contributed by atoms with Crippen molar-refractivity contribution in [1.29, 1.82) is 0 Å². The second kappa shape index (κ2) is 8.62. The van der Waals surface area contributed by atoms with E-state index in [0.29, 0.717) is 5.92 Å². The lowest BCUT2D eigenvalue weighted by Gasteiger charge is -2.42. The van der Waals surface area contributed by atoms with E-state index in [0.717, 1.165) is 31.7 Å². The van der Waals surface area contributed by atoms with Crippen molar-refractivity contribution in [2.75, 3.05) is 31.1 Å². The first-order chi connectivity index (χ1) is 10.6. The molecule has 3 N–H and O–H groups in total. The molecule has 126 valence electrons. The normalized spacial score (nSPS) is 28.0. The number of rotatable bonds is 7. The summed E-state index contributed by atoms with van der Waals surface area (Å²) in [5.74, 6) is 2.20. The van der Waals surface area contributed by atoms with Gasteiger partial charge in [-0.2, -0.15) is 11.8 Å². The van der Waals surface area contributed by atoms with Gasteiger partial charge in [-0.05, 0) is 49.7 Å². The van der Waals surface area contributed by atoms with Gasteiger partial charge in [0.15, 0.2) is 0 Å². The highest BCUT2D eigenvalue weighted by Gasteiger charge is 2.34. The summed E-state index contributed by atoms with van der Waals surface area (Å²) in [4.78, 5) is 24.6. The second-order valence-corrected chi connectivity index (χ2v) is 7.37. The summed E-state index contributed by atoms with van der Waals surface area (Å²) in [5.41, 5.74) is 0. The Morgan fingerprint density at radius 2 is 2.14 bits per heavy atom. The Balaban J connectivity index is 1.60. The van der Waals surface area contributed by atoms with Crippen molar-refractivity contribution in [3.05, 3.63) is 0 Å². The van der Waals surface area contributed by atoms with Crippen molar-refractivity contribution >= 4 is 23.8 Å². The summed E-state index contributed by atoms with van der Waals surface area (Å²) in [6.45, 7) is 3.54. The molecule has 2 rings (SSSR count). The van der Waals surface area contributed by atoms with Crippen LogP contribution in [-0.2, 0) is 4.79 Å². The quantitative estimate of drug-likeness (QED) is 0.657. The molecule has 2 fully saturated rings. The van der Waals surface area contributed by atoms with E-state index in [-0.39, 0.29) is 24.7 Å². The maximum atomic E-state index is 11.9. The first-order valence-corrected chi connectivity index (χ1v) is 9.32. The van der Waals surface area contributed by atoms with Crippen LogP contribution in [0, 0.1) is 5.92 Å². The van der Waals surface area contributed by atoms with E-state index >= 15 is 0 Å². The van der Waals surface area contributed by atoms with Gasteiger partial charge in [-0.3, -0.25) is 9.69 Å². The van der Waals surface area contributed by atoms with Gasteiger partial charge in [0.2, 0.25) is 0 Å². The molecule has 1 atom stereocenters. The average Bonchev–Trinajstić information content (AvgIpc) is 2.47. The molecule has 0 radical (unpaired) electrons. The van der Waals surface area contributed by atoms with Crippen LogP contribution in [0.15, 0.2) is 0 Å². The third-order valence-corrected chi connectivity index (χ3v) is 5.80. The molecule has 1 saturated heterocycles. The van der Waals surface area contributed by atoms with Gasteiger partial charge in [0.05, 0.1) is 6.54 Å². The first kappa shape index (κ1) is 17.4. The maximum absolute atomic E-state index is 11.9. The number of carboxylic acids is 1. The summed E-state index contributed by atoms with van der Waals surface area (Å²) in [5, 5.41) is 14.8. The summed E-state index contributed by atoms with van der Waals surface area (Å²) in [7, 11) is 0. The number of thioether (sulfide) groups is 1. The monoisotopic (exact) mass is 329 g/mol. The van der Waals surface area contributed by atoms with Crippen LogP contribution in [0.5, 0.6) is 0 Å². The van der Waals surface area contributed by atoms with Crippen LogP contribution in [0.1, 0.15) is 32.6 Å². The number of amides is 2. The Morgan fingerprint density at radius 3 is 2.73 bits per heavy atom. The van der Waals surface area contributed by atoms with Crippen LogP contribution in [0.4, 0.5) is 4.79 Å². The number of hydrogen-bond acceptors (Lipinski definition) is 4. The minimum atomic E-state index is -0.790.